The lowest BCUT2D eigenvalue weighted by molar-refractivity contribution is 0.194. The van der Waals surface area contributed by atoms with Crippen LogP contribution < -0.4 is 19.7 Å². The van der Waals surface area contributed by atoms with Crippen LogP contribution in [0.5, 0.6) is 5.75 Å². The molecule has 3 rings (SSSR count). The molecule has 1 aliphatic heterocycles. The fourth-order valence-corrected chi connectivity index (χ4v) is 5.05. The van der Waals surface area contributed by atoms with E-state index >= 15 is 0 Å². The molecule has 0 atom stereocenters. The Labute approximate surface area is 190 Å². The highest BCUT2D eigenvalue weighted by molar-refractivity contribution is 7.89. The van der Waals surface area contributed by atoms with Crippen LogP contribution in [-0.4, -0.2) is 65.2 Å². The van der Waals surface area contributed by atoms with E-state index in [-0.39, 0.29) is 24.0 Å². The molecule has 2 amide bonds. The summed E-state index contributed by atoms with van der Waals surface area (Å²) >= 11 is 0. The van der Waals surface area contributed by atoms with E-state index in [9.17, 15) is 13.2 Å². The molecule has 174 valence electrons. The molecule has 0 unspecified atom stereocenters. The summed E-state index contributed by atoms with van der Waals surface area (Å²) in [4.78, 5) is 16.7. The molecule has 1 fully saturated rings. The molecule has 0 bridgehead atoms. The van der Waals surface area contributed by atoms with Gasteiger partial charge < -0.3 is 19.9 Å². The first-order valence-electron chi connectivity index (χ1n) is 10.9. The van der Waals surface area contributed by atoms with E-state index in [4.69, 9.17) is 4.74 Å². The Hall–Kier alpha value is -2.78. The van der Waals surface area contributed by atoms with E-state index in [0.29, 0.717) is 38.3 Å². The minimum absolute atomic E-state index is 0.128. The molecule has 8 nitrogen and oxygen atoms in total. The second-order valence-electron chi connectivity index (χ2n) is 7.77. The number of ether oxygens (including phenoxy) is 1. The lowest BCUT2D eigenvalue weighted by Crippen LogP contribution is -2.52. The van der Waals surface area contributed by atoms with Gasteiger partial charge in [-0.05, 0) is 50.1 Å². The first-order chi connectivity index (χ1) is 15.3. The summed E-state index contributed by atoms with van der Waals surface area (Å²) in [5, 5.41) is 2.81. The number of para-hydroxylation sites is 2. The van der Waals surface area contributed by atoms with Gasteiger partial charge in [-0.3, -0.25) is 0 Å². The minimum atomic E-state index is -3.62. The number of sulfonamides is 1. The average Bonchev–Trinajstić information content (AvgIpc) is 2.79. The van der Waals surface area contributed by atoms with Gasteiger partial charge in [-0.25, -0.2) is 17.9 Å². The Bertz CT molecular complexity index is 1030. The molecule has 1 heterocycles. The summed E-state index contributed by atoms with van der Waals surface area (Å²) < 4.78 is 33.4. The summed E-state index contributed by atoms with van der Waals surface area (Å²) in [6, 6.07) is 13.1. The van der Waals surface area contributed by atoms with Crippen molar-refractivity contribution in [3.63, 3.8) is 0 Å². The normalized spacial score (nSPS) is 14.3. The van der Waals surface area contributed by atoms with Crippen molar-refractivity contribution >= 4 is 21.7 Å². The second kappa shape index (κ2) is 10.7. The van der Waals surface area contributed by atoms with E-state index in [1.54, 1.807) is 24.0 Å². The third-order valence-electron chi connectivity index (χ3n) is 5.40. The first-order valence-corrected chi connectivity index (χ1v) is 12.4. The lowest BCUT2D eigenvalue weighted by Gasteiger charge is -2.36. The molecule has 9 heteroatoms. The Morgan fingerprint density at radius 2 is 1.75 bits per heavy atom. The van der Waals surface area contributed by atoms with Crippen LogP contribution >= 0.6 is 0 Å². The van der Waals surface area contributed by atoms with E-state index in [1.807, 2.05) is 44.2 Å². The van der Waals surface area contributed by atoms with Crippen LogP contribution in [0.2, 0.25) is 0 Å². The van der Waals surface area contributed by atoms with Crippen LogP contribution in [0.1, 0.15) is 18.1 Å². The number of anilines is 1. The minimum Gasteiger partial charge on any atom is -0.492 e. The Morgan fingerprint density at radius 1 is 1.03 bits per heavy atom. The van der Waals surface area contributed by atoms with Crippen LogP contribution in [0.4, 0.5) is 10.5 Å². The van der Waals surface area contributed by atoms with Gasteiger partial charge in [0, 0.05) is 39.3 Å². The second-order valence-corrected chi connectivity index (χ2v) is 9.51. The van der Waals surface area contributed by atoms with E-state index in [1.165, 1.54) is 0 Å². The number of carbonyl (C=O) groups is 1. The number of nitrogens with one attached hydrogen (secondary N) is 2. The number of benzene rings is 2. The lowest BCUT2D eigenvalue weighted by atomic mass is 10.2. The van der Waals surface area contributed by atoms with Gasteiger partial charge in [-0.1, -0.05) is 24.3 Å². The van der Waals surface area contributed by atoms with Crippen molar-refractivity contribution in [2.24, 2.45) is 0 Å². The van der Waals surface area contributed by atoms with Crippen molar-refractivity contribution in [3.8, 4) is 5.75 Å². The van der Waals surface area contributed by atoms with Crippen molar-refractivity contribution in [3.05, 3.63) is 53.6 Å². The fraction of sp³-hybridized carbons (Fsp3) is 0.435. The van der Waals surface area contributed by atoms with Gasteiger partial charge in [0.25, 0.3) is 0 Å². The number of piperazine rings is 1. The van der Waals surface area contributed by atoms with Crippen LogP contribution in [0, 0.1) is 13.8 Å². The fourth-order valence-electron chi connectivity index (χ4n) is 3.69. The highest BCUT2D eigenvalue weighted by atomic mass is 32.2. The smallest absolute Gasteiger partial charge is 0.317 e. The maximum Gasteiger partial charge on any atom is 0.317 e. The van der Waals surface area contributed by atoms with Gasteiger partial charge >= 0.3 is 6.03 Å². The SMILES string of the molecule is CCOc1ccccc1N1CCN(C(=O)NCCNS(=O)(=O)c2cc(C)ccc2C)CC1. The predicted octanol–water partition coefficient (Wildman–Crippen LogP) is 2.51. The van der Waals surface area contributed by atoms with Crippen molar-refractivity contribution in [1.82, 2.24) is 14.9 Å². The zero-order chi connectivity index (χ0) is 23.1. The van der Waals surface area contributed by atoms with Gasteiger partial charge in [0.1, 0.15) is 5.75 Å². The zero-order valence-corrected chi connectivity index (χ0v) is 19.7. The summed E-state index contributed by atoms with van der Waals surface area (Å²) in [5.41, 5.74) is 2.61. The van der Waals surface area contributed by atoms with Crippen LogP contribution in [0.15, 0.2) is 47.4 Å². The van der Waals surface area contributed by atoms with Crippen molar-refractivity contribution < 1.29 is 17.9 Å². The molecule has 2 N–H and O–H groups in total. The summed E-state index contributed by atoms with van der Waals surface area (Å²) in [6.45, 7) is 9.11. The largest absolute Gasteiger partial charge is 0.492 e. The third kappa shape index (κ3) is 5.92. The summed E-state index contributed by atoms with van der Waals surface area (Å²) in [5.74, 6) is 0.851. The van der Waals surface area contributed by atoms with Gasteiger partial charge in [0.2, 0.25) is 10.0 Å². The van der Waals surface area contributed by atoms with E-state index in [2.05, 4.69) is 14.9 Å². The third-order valence-corrected chi connectivity index (χ3v) is 7.00. The first kappa shape index (κ1) is 23.9. The molecule has 1 saturated heterocycles. The molecule has 0 radical (unpaired) electrons. The molecule has 0 aromatic heterocycles. The molecular weight excluding hydrogens is 428 g/mol. The maximum atomic E-state index is 12.5. The maximum absolute atomic E-state index is 12.5. The quantitative estimate of drug-likeness (QED) is 0.591. The standard InChI is InChI=1S/C23H32N4O4S/c1-4-31-21-8-6-5-7-20(21)26-13-15-27(16-14-26)23(28)24-11-12-25-32(29,30)22-17-18(2)9-10-19(22)3/h5-10,17,25H,4,11-16H2,1-3H3,(H,24,28). The molecule has 0 saturated carbocycles. The number of aryl methyl sites for hydroxylation is 2. The number of carbonyl (C=O) groups excluding carboxylic acids is 1. The van der Waals surface area contributed by atoms with E-state index in [0.717, 1.165) is 17.0 Å². The highest BCUT2D eigenvalue weighted by Crippen LogP contribution is 2.28. The van der Waals surface area contributed by atoms with Gasteiger partial charge in [0.15, 0.2) is 0 Å². The molecule has 1 aliphatic rings. The summed E-state index contributed by atoms with van der Waals surface area (Å²) in [6.07, 6.45) is 0. The molecule has 2 aromatic rings. The molecule has 0 aliphatic carbocycles. The number of urea groups is 1. The molecule has 0 spiro atoms. The number of hydrogen-bond acceptors (Lipinski definition) is 5. The number of amides is 2. The van der Waals surface area contributed by atoms with Gasteiger partial charge in [0.05, 0.1) is 17.2 Å². The Kier molecular flexibility index (Phi) is 7.98. The van der Waals surface area contributed by atoms with Crippen molar-refractivity contribution in [1.29, 1.82) is 0 Å². The molecular formula is C23H32N4O4S. The Balaban J connectivity index is 1.45. The zero-order valence-electron chi connectivity index (χ0n) is 18.9. The predicted molar refractivity (Wildman–Crippen MR) is 126 cm³/mol. The van der Waals surface area contributed by atoms with Crippen molar-refractivity contribution in [2.45, 2.75) is 25.7 Å². The topological polar surface area (TPSA) is 91.0 Å². The highest BCUT2D eigenvalue weighted by Gasteiger charge is 2.23. The molecule has 32 heavy (non-hydrogen) atoms. The number of nitrogens with zero attached hydrogens (tertiary/aromatic N) is 2. The van der Waals surface area contributed by atoms with Crippen molar-refractivity contribution in [2.75, 3.05) is 50.8 Å². The van der Waals surface area contributed by atoms with Crippen LogP contribution in [0.25, 0.3) is 0 Å². The Morgan fingerprint density at radius 3 is 2.47 bits per heavy atom. The molecule has 2 aromatic carbocycles. The number of rotatable bonds is 8. The van der Waals surface area contributed by atoms with Crippen LogP contribution in [0.3, 0.4) is 0 Å². The van der Waals surface area contributed by atoms with E-state index < -0.39 is 10.0 Å². The summed E-state index contributed by atoms with van der Waals surface area (Å²) in [7, 11) is -3.62. The monoisotopic (exact) mass is 460 g/mol. The number of hydrogen-bond donors (Lipinski definition) is 2. The van der Waals surface area contributed by atoms with Gasteiger partial charge in [-0.15, -0.1) is 0 Å². The van der Waals surface area contributed by atoms with Crippen LogP contribution in [-0.2, 0) is 10.0 Å². The van der Waals surface area contributed by atoms with Gasteiger partial charge in [-0.2, -0.15) is 0 Å². The average molecular weight is 461 g/mol.